The van der Waals surface area contributed by atoms with Crippen molar-refractivity contribution in [2.75, 3.05) is 11.2 Å². The van der Waals surface area contributed by atoms with E-state index in [4.69, 9.17) is 9.15 Å². The largest absolute Gasteiger partial charge is 0.455 e. The van der Waals surface area contributed by atoms with Crippen LogP contribution in [0.2, 0.25) is 0 Å². The number of anilines is 1. The fourth-order valence-corrected chi connectivity index (χ4v) is 4.24. The summed E-state index contributed by atoms with van der Waals surface area (Å²) in [6.45, 7) is 1.82. The van der Waals surface area contributed by atoms with Gasteiger partial charge in [0.05, 0.1) is 5.69 Å². The SMILES string of the molecule is CCC(=O)N1c2ccccc2-c2nnc(SC)nc2O[C@H]1c1ccc(-c2ccc(Br)cc2)o1. The summed E-state index contributed by atoms with van der Waals surface area (Å²) in [7, 11) is 0. The standard InChI is InChI=1S/C24H19BrN4O3S/c1-3-20(30)29-17-7-5-4-6-16(17)21-22(26-24(33-2)28-27-21)32-23(29)19-13-12-18(31-19)14-8-10-15(25)11-9-14/h4-13,23H,3H2,1-2H3/t23-/m0/s1. The van der Waals surface area contributed by atoms with Crippen molar-refractivity contribution in [2.45, 2.75) is 24.7 Å². The number of carbonyl (C=O) groups is 1. The number of rotatable bonds is 4. The van der Waals surface area contributed by atoms with Crippen LogP contribution in [0.3, 0.4) is 0 Å². The third kappa shape index (κ3) is 4.02. The molecule has 2 aromatic carbocycles. The Bertz CT molecular complexity index is 1330. The summed E-state index contributed by atoms with van der Waals surface area (Å²) in [5, 5.41) is 9.03. The van der Waals surface area contributed by atoms with Crippen LogP contribution in [0, 0.1) is 0 Å². The molecule has 3 heterocycles. The summed E-state index contributed by atoms with van der Waals surface area (Å²) < 4.78 is 13.5. The maximum absolute atomic E-state index is 13.2. The molecule has 1 atom stereocenters. The van der Waals surface area contributed by atoms with Crippen molar-refractivity contribution in [2.24, 2.45) is 0 Å². The first-order chi connectivity index (χ1) is 16.1. The molecule has 166 valence electrons. The van der Waals surface area contributed by atoms with Crippen molar-refractivity contribution < 1.29 is 13.9 Å². The maximum Gasteiger partial charge on any atom is 0.247 e. The second-order valence-electron chi connectivity index (χ2n) is 7.27. The van der Waals surface area contributed by atoms with Gasteiger partial charge in [-0.25, -0.2) is 0 Å². The lowest BCUT2D eigenvalue weighted by Crippen LogP contribution is -2.37. The summed E-state index contributed by atoms with van der Waals surface area (Å²) >= 11 is 4.82. The van der Waals surface area contributed by atoms with Gasteiger partial charge in [0.25, 0.3) is 0 Å². The van der Waals surface area contributed by atoms with E-state index in [-0.39, 0.29) is 5.91 Å². The van der Waals surface area contributed by atoms with Crippen molar-refractivity contribution in [3.63, 3.8) is 0 Å². The zero-order valence-electron chi connectivity index (χ0n) is 17.9. The van der Waals surface area contributed by atoms with Crippen LogP contribution in [0.15, 0.2) is 74.7 Å². The molecule has 1 amide bonds. The zero-order valence-corrected chi connectivity index (χ0v) is 20.3. The molecule has 1 aliphatic rings. The van der Waals surface area contributed by atoms with Gasteiger partial charge in [-0.05, 0) is 36.6 Å². The van der Waals surface area contributed by atoms with Crippen LogP contribution in [-0.2, 0) is 4.79 Å². The van der Waals surface area contributed by atoms with E-state index in [9.17, 15) is 4.79 Å². The van der Waals surface area contributed by atoms with Crippen molar-refractivity contribution in [1.29, 1.82) is 0 Å². The van der Waals surface area contributed by atoms with E-state index < -0.39 is 6.23 Å². The van der Waals surface area contributed by atoms with Crippen LogP contribution in [0.25, 0.3) is 22.6 Å². The first kappa shape index (κ1) is 21.7. The van der Waals surface area contributed by atoms with E-state index >= 15 is 0 Å². The number of furan rings is 1. The highest BCUT2D eigenvalue weighted by molar-refractivity contribution is 9.10. The Balaban J connectivity index is 1.67. The first-order valence-electron chi connectivity index (χ1n) is 10.3. The van der Waals surface area contributed by atoms with E-state index in [1.165, 1.54) is 11.8 Å². The number of nitrogens with zero attached hydrogens (tertiary/aromatic N) is 4. The van der Waals surface area contributed by atoms with Gasteiger partial charge in [-0.1, -0.05) is 64.9 Å². The lowest BCUT2D eigenvalue weighted by Gasteiger charge is -2.29. The number of aromatic nitrogens is 3. The van der Waals surface area contributed by atoms with Crippen LogP contribution in [0.5, 0.6) is 5.88 Å². The van der Waals surface area contributed by atoms with Crippen LogP contribution >= 0.6 is 27.7 Å². The molecule has 1 aliphatic heterocycles. The molecule has 0 bridgehead atoms. The van der Waals surface area contributed by atoms with E-state index in [0.29, 0.717) is 40.4 Å². The molecule has 0 saturated heterocycles. The van der Waals surface area contributed by atoms with Gasteiger partial charge in [-0.3, -0.25) is 9.69 Å². The van der Waals surface area contributed by atoms with Gasteiger partial charge in [0, 0.05) is 22.0 Å². The number of ether oxygens (including phenoxy) is 1. The Morgan fingerprint density at radius 2 is 1.88 bits per heavy atom. The molecular weight excluding hydrogens is 504 g/mol. The molecule has 33 heavy (non-hydrogen) atoms. The predicted molar refractivity (Wildman–Crippen MR) is 130 cm³/mol. The Labute approximate surface area is 203 Å². The van der Waals surface area contributed by atoms with E-state index in [2.05, 4.69) is 31.1 Å². The van der Waals surface area contributed by atoms with Gasteiger partial charge in [-0.2, -0.15) is 4.98 Å². The number of benzene rings is 2. The number of fused-ring (bicyclic) bond motifs is 3. The first-order valence-corrected chi connectivity index (χ1v) is 12.3. The summed E-state index contributed by atoms with van der Waals surface area (Å²) in [5.41, 5.74) is 2.80. The van der Waals surface area contributed by atoms with Crippen molar-refractivity contribution in [3.05, 3.63) is 70.9 Å². The fourth-order valence-electron chi connectivity index (χ4n) is 3.68. The molecule has 4 aromatic rings. The molecule has 0 spiro atoms. The van der Waals surface area contributed by atoms with Crippen LogP contribution < -0.4 is 9.64 Å². The third-order valence-electron chi connectivity index (χ3n) is 5.26. The molecule has 0 unspecified atom stereocenters. The average molecular weight is 523 g/mol. The van der Waals surface area contributed by atoms with Gasteiger partial charge >= 0.3 is 0 Å². The van der Waals surface area contributed by atoms with Crippen molar-refractivity contribution in [1.82, 2.24) is 15.2 Å². The minimum atomic E-state index is -0.851. The average Bonchev–Trinajstić information content (AvgIpc) is 3.29. The minimum Gasteiger partial charge on any atom is -0.455 e. The molecule has 9 heteroatoms. The summed E-state index contributed by atoms with van der Waals surface area (Å²) in [4.78, 5) is 19.3. The molecule has 0 saturated carbocycles. The fraction of sp³-hybridized carbons (Fsp3) is 0.167. The van der Waals surface area contributed by atoms with Gasteiger partial charge in [0.2, 0.25) is 23.2 Å². The summed E-state index contributed by atoms with van der Waals surface area (Å²) in [5.74, 6) is 1.36. The summed E-state index contributed by atoms with van der Waals surface area (Å²) in [6.07, 6.45) is 1.31. The van der Waals surface area contributed by atoms with Gasteiger partial charge in [0.15, 0.2) is 11.5 Å². The number of carbonyl (C=O) groups excluding carboxylic acids is 1. The number of hydrogen-bond acceptors (Lipinski definition) is 7. The van der Waals surface area contributed by atoms with Gasteiger partial charge < -0.3 is 9.15 Å². The number of halogens is 1. The lowest BCUT2D eigenvalue weighted by atomic mass is 10.1. The number of para-hydroxylation sites is 1. The smallest absolute Gasteiger partial charge is 0.247 e. The van der Waals surface area contributed by atoms with E-state index in [0.717, 1.165) is 15.6 Å². The quantitative estimate of drug-likeness (QED) is 0.298. The molecule has 0 radical (unpaired) electrons. The van der Waals surface area contributed by atoms with Crippen LogP contribution in [0.4, 0.5) is 5.69 Å². The second-order valence-corrected chi connectivity index (χ2v) is 8.95. The number of thioether (sulfide) groups is 1. The van der Waals surface area contributed by atoms with Crippen LogP contribution in [0.1, 0.15) is 25.3 Å². The van der Waals surface area contributed by atoms with E-state index in [1.54, 1.807) is 4.90 Å². The lowest BCUT2D eigenvalue weighted by molar-refractivity contribution is -0.120. The predicted octanol–water partition coefficient (Wildman–Crippen LogP) is 6.12. The third-order valence-corrected chi connectivity index (χ3v) is 6.33. The van der Waals surface area contributed by atoms with Crippen LogP contribution in [-0.4, -0.2) is 27.3 Å². The Morgan fingerprint density at radius 3 is 2.64 bits per heavy atom. The maximum atomic E-state index is 13.2. The molecule has 0 fully saturated rings. The Hall–Kier alpha value is -3.17. The van der Waals surface area contributed by atoms with E-state index in [1.807, 2.05) is 73.8 Å². The summed E-state index contributed by atoms with van der Waals surface area (Å²) in [6, 6.07) is 19.1. The van der Waals surface area contributed by atoms with Crippen molar-refractivity contribution >= 4 is 39.3 Å². The molecule has 0 N–H and O–H groups in total. The monoisotopic (exact) mass is 522 g/mol. The van der Waals surface area contributed by atoms with Gasteiger partial charge in [0.1, 0.15) is 5.76 Å². The highest BCUT2D eigenvalue weighted by Crippen LogP contribution is 2.44. The number of amides is 1. The molecular formula is C24H19BrN4O3S. The van der Waals surface area contributed by atoms with Gasteiger partial charge in [-0.15, -0.1) is 10.2 Å². The Morgan fingerprint density at radius 1 is 1.09 bits per heavy atom. The zero-order chi connectivity index (χ0) is 22.9. The minimum absolute atomic E-state index is 0.111. The molecule has 0 aliphatic carbocycles. The second kappa shape index (κ2) is 8.99. The normalized spacial score (nSPS) is 14.8. The topological polar surface area (TPSA) is 81.4 Å². The number of hydrogen-bond donors (Lipinski definition) is 0. The van der Waals surface area contributed by atoms with Crippen molar-refractivity contribution in [3.8, 4) is 28.5 Å². The molecule has 2 aromatic heterocycles. The highest BCUT2D eigenvalue weighted by atomic mass is 79.9. The highest BCUT2D eigenvalue weighted by Gasteiger charge is 2.37. The molecule has 5 rings (SSSR count). The molecule has 7 nitrogen and oxygen atoms in total. The Kier molecular flexibility index (Phi) is 5.90.